The zero-order chi connectivity index (χ0) is 14.6. The van der Waals surface area contributed by atoms with E-state index < -0.39 is 11.2 Å². The molecule has 108 valence electrons. The third-order valence-corrected chi connectivity index (χ3v) is 4.37. The highest BCUT2D eigenvalue weighted by Gasteiger charge is 2.27. The van der Waals surface area contributed by atoms with Crippen molar-refractivity contribution in [1.82, 2.24) is 9.03 Å². The van der Waals surface area contributed by atoms with E-state index in [0.29, 0.717) is 5.70 Å². The molecule has 1 aliphatic heterocycles. The minimum absolute atomic E-state index is 0.199. The summed E-state index contributed by atoms with van der Waals surface area (Å²) < 4.78 is 17.4. The number of hydrogen-bond acceptors (Lipinski definition) is 2. The third kappa shape index (κ3) is 4.21. The molecule has 0 aromatic rings. The minimum Gasteiger partial charge on any atom is -0.398 e. The normalized spacial score (nSPS) is 23.4. The maximum Gasteiger partial charge on any atom is 0.196 e. The zero-order valence-corrected chi connectivity index (χ0v) is 13.1. The molecule has 0 aromatic carbocycles. The van der Waals surface area contributed by atoms with Crippen molar-refractivity contribution in [2.45, 2.75) is 46.1 Å². The van der Waals surface area contributed by atoms with Gasteiger partial charge in [0.15, 0.2) is 11.2 Å². The van der Waals surface area contributed by atoms with Gasteiger partial charge in [-0.3, -0.25) is 4.31 Å². The van der Waals surface area contributed by atoms with Gasteiger partial charge in [-0.05, 0) is 52.2 Å². The van der Waals surface area contributed by atoms with Crippen molar-refractivity contribution in [3.8, 4) is 0 Å². The highest BCUT2D eigenvalue weighted by atomic mass is 32.2. The van der Waals surface area contributed by atoms with Crippen molar-refractivity contribution in [1.29, 1.82) is 0 Å². The van der Waals surface area contributed by atoms with E-state index in [1.54, 1.807) is 6.08 Å². The largest absolute Gasteiger partial charge is 0.398 e. The first-order chi connectivity index (χ1) is 8.80. The van der Waals surface area contributed by atoms with Crippen molar-refractivity contribution >= 4 is 11.2 Å². The quantitative estimate of drug-likeness (QED) is 0.835. The average Bonchev–Trinajstić information content (AvgIpc) is 2.34. The van der Waals surface area contributed by atoms with Crippen LogP contribution in [0.25, 0.3) is 0 Å². The highest BCUT2D eigenvalue weighted by Crippen LogP contribution is 2.29. The summed E-state index contributed by atoms with van der Waals surface area (Å²) in [6, 6.07) is 0. The molecular weight excluding hydrogens is 258 g/mol. The molecule has 1 atom stereocenters. The van der Waals surface area contributed by atoms with Crippen LogP contribution in [0.2, 0.25) is 0 Å². The summed E-state index contributed by atoms with van der Waals surface area (Å²) in [5, 5.41) is 0. The van der Waals surface area contributed by atoms with Gasteiger partial charge in [0.2, 0.25) is 0 Å². The Morgan fingerprint density at radius 3 is 2.63 bits per heavy atom. The van der Waals surface area contributed by atoms with Crippen molar-refractivity contribution in [3.05, 3.63) is 35.7 Å². The van der Waals surface area contributed by atoms with Crippen LogP contribution in [0.15, 0.2) is 35.7 Å². The van der Waals surface area contributed by atoms with E-state index >= 15 is 0 Å². The molecule has 1 aliphatic rings. The molecule has 1 heterocycles. The lowest BCUT2D eigenvalue weighted by atomic mass is 10.00. The van der Waals surface area contributed by atoms with E-state index in [2.05, 4.69) is 11.3 Å². The maximum atomic E-state index is 12.4. The Balaban J connectivity index is 3.02. The fourth-order valence-corrected chi connectivity index (χ4v) is 3.34. The van der Waals surface area contributed by atoms with E-state index in [4.69, 9.17) is 5.73 Å². The van der Waals surface area contributed by atoms with Crippen molar-refractivity contribution in [2.75, 3.05) is 6.54 Å². The second-order valence-electron chi connectivity index (χ2n) is 5.62. The van der Waals surface area contributed by atoms with Crippen molar-refractivity contribution < 1.29 is 4.21 Å². The molecule has 0 bridgehead atoms. The molecule has 0 amide bonds. The second-order valence-corrected chi connectivity index (χ2v) is 6.76. The van der Waals surface area contributed by atoms with E-state index in [-0.39, 0.29) is 5.54 Å². The molecule has 0 radical (unpaired) electrons. The predicted molar refractivity (Wildman–Crippen MR) is 82.1 cm³/mol. The summed E-state index contributed by atoms with van der Waals surface area (Å²) in [5.41, 5.74) is 8.43. The van der Waals surface area contributed by atoms with Gasteiger partial charge in [-0.15, -0.1) is 0 Å². The van der Waals surface area contributed by atoms with Crippen LogP contribution in [0.3, 0.4) is 0 Å². The van der Waals surface area contributed by atoms with Gasteiger partial charge in [0, 0.05) is 17.8 Å². The van der Waals surface area contributed by atoms with Crippen LogP contribution < -0.4 is 10.5 Å². The van der Waals surface area contributed by atoms with Crippen molar-refractivity contribution in [3.63, 3.8) is 0 Å². The van der Waals surface area contributed by atoms with Crippen LogP contribution in [0, 0.1) is 0 Å². The van der Waals surface area contributed by atoms with Gasteiger partial charge < -0.3 is 5.73 Å². The second kappa shape index (κ2) is 6.39. The number of nitrogens with two attached hydrogens (primary N) is 1. The van der Waals surface area contributed by atoms with Gasteiger partial charge in [0.1, 0.15) is 0 Å². The van der Waals surface area contributed by atoms with Crippen LogP contribution >= 0.6 is 0 Å². The molecular formula is C14H25N3OS. The molecule has 4 nitrogen and oxygen atoms in total. The molecule has 1 fully saturated rings. The molecule has 0 saturated carbocycles. The Kier molecular flexibility index (Phi) is 5.38. The SMILES string of the molecule is C=C/C(N)=C1/CCCN(S(=O)NC(C)(C)C)/C1=C/C. The molecule has 1 saturated heterocycles. The van der Waals surface area contributed by atoms with Crippen LogP contribution in [-0.4, -0.2) is 20.6 Å². The topological polar surface area (TPSA) is 58.4 Å². The molecule has 0 aromatic heterocycles. The lowest BCUT2D eigenvalue weighted by molar-refractivity contribution is 0.448. The molecule has 0 aliphatic carbocycles. The van der Waals surface area contributed by atoms with Gasteiger partial charge in [0.25, 0.3) is 0 Å². The number of allylic oxidation sites excluding steroid dienone is 3. The van der Waals surface area contributed by atoms with Gasteiger partial charge >= 0.3 is 0 Å². The summed E-state index contributed by atoms with van der Waals surface area (Å²) in [5.74, 6) is 0. The van der Waals surface area contributed by atoms with E-state index in [9.17, 15) is 4.21 Å². The smallest absolute Gasteiger partial charge is 0.196 e. The lowest BCUT2D eigenvalue weighted by Gasteiger charge is -2.34. The number of nitrogens with one attached hydrogen (secondary N) is 1. The van der Waals surface area contributed by atoms with Gasteiger partial charge in [-0.2, -0.15) is 0 Å². The first-order valence-electron chi connectivity index (χ1n) is 6.55. The highest BCUT2D eigenvalue weighted by molar-refractivity contribution is 7.80. The fraction of sp³-hybridized carbons (Fsp3) is 0.571. The Labute approximate surface area is 119 Å². The molecule has 0 spiro atoms. The molecule has 1 rings (SSSR count). The zero-order valence-electron chi connectivity index (χ0n) is 12.3. The summed E-state index contributed by atoms with van der Waals surface area (Å²) in [7, 11) is 0. The summed E-state index contributed by atoms with van der Waals surface area (Å²) >= 11 is -1.25. The minimum atomic E-state index is -1.25. The third-order valence-electron chi connectivity index (χ3n) is 2.80. The Bertz CT molecular complexity index is 432. The monoisotopic (exact) mass is 283 g/mol. The Morgan fingerprint density at radius 2 is 2.16 bits per heavy atom. The first kappa shape index (κ1) is 16.0. The van der Waals surface area contributed by atoms with Gasteiger partial charge in [-0.25, -0.2) is 8.93 Å². The number of hydrogen-bond donors (Lipinski definition) is 2. The molecule has 19 heavy (non-hydrogen) atoms. The Morgan fingerprint density at radius 1 is 1.53 bits per heavy atom. The number of nitrogens with zero attached hydrogens (tertiary/aromatic N) is 1. The van der Waals surface area contributed by atoms with Crippen LogP contribution in [-0.2, 0) is 11.2 Å². The predicted octanol–water partition coefficient (Wildman–Crippen LogP) is 2.35. The molecule has 1 unspecified atom stereocenters. The number of rotatable bonds is 3. The fourth-order valence-electron chi connectivity index (χ4n) is 2.02. The van der Waals surface area contributed by atoms with Gasteiger partial charge in [-0.1, -0.05) is 12.7 Å². The van der Waals surface area contributed by atoms with Crippen LogP contribution in [0.1, 0.15) is 40.5 Å². The van der Waals surface area contributed by atoms with Crippen LogP contribution in [0.4, 0.5) is 0 Å². The van der Waals surface area contributed by atoms with Crippen LogP contribution in [0.5, 0.6) is 0 Å². The maximum absolute atomic E-state index is 12.4. The van der Waals surface area contributed by atoms with E-state index in [0.717, 1.165) is 30.7 Å². The standard InChI is InChI=1S/C14H25N3OS/c1-6-12(15)11-9-8-10-17(13(11)7-2)19(18)16-14(3,4)5/h6-7,16H,1,8-10,15H2,2-5H3/b12-11+,13-7+. The lowest BCUT2D eigenvalue weighted by Crippen LogP contribution is -2.46. The molecule has 5 heteroatoms. The summed E-state index contributed by atoms with van der Waals surface area (Å²) in [6.07, 6.45) is 5.47. The van der Waals surface area contributed by atoms with E-state index in [1.165, 1.54) is 0 Å². The average molecular weight is 283 g/mol. The van der Waals surface area contributed by atoms with Crippen molar-refractivity contribution in [2.24, 2.45) is 5.73 Å². The Hall–Kier alpha value is -1.07. The van der Waals surface area contributed by atoms with Gasteiger partial charge in [0.05, 0.1) is 5.70 Å². The number of piperidine rings is 1. The first-order valence-corrected chi connectivity index (χ1v) is 7.66. The molecule has 3 N–H and O–H groups in total. The summed E-state index contributed by atoms with van der Waals surface area (Å²) in [4.78, 5) is 0. The summed E-state index contributed by atoms with van der Waals surface area (Å²) in [6.45, 7) is 12.4. The van der Waals surface area contributed by atoms with E-state index in [1.807, 2.05) is 38.1 Å².